The maximum Gasteiger partial charge on any atom is 0.0550 e. The van der Waals surface area contributed by atoms with E-state index in [9.17, 15) is 0 Å². The molecule has 0 atom stereocenters. The van der Waals surface area contributed by atoms with E-state index in [0.29, 0.717) is 0 Å². The number of aryl methyl sites for hydroxylation is 1. The Bertz CT molecular complexity index is 2450. The number of benzene rings is 7. The molecule has 2 heteroatoms. The van der Waals surface area contributed by atoms with Crippen LogP contribution in [0, 0.1) is 12.3 Å². The van der Waals surface area contributed by atoms with Gasteiger partial charge in [-0.2, -0.15) is 0 Å². The molecule has 46 heavy (non-hydrogen) atoms. The zero-order chi connectivity index (χ0) is 31.2. The molecule has 0 unspecified atom stereocenters. The summed E-state index contributed by atoms with van der Waals surface area (Å²) in [5.74, 6) is 0. The third-order valence-electron chi connectivity index (χ3n) is 9.12. The number of nitrogens with zero attached hydrogens (tertiary/aromatic N) is 1. The van der Waals surface area contributed by atoms with Crippen LogP contribution < -0.4 is 0 Å². The predicted octanol–water partition coefficient (Wildman–Crippen LogP) is 11.9. The molecular weight excluding hydrogens is 556 g/mol. The van der Waals surface area contributed by atoms with Crippen LogP contribution in [0.2, 0.25) is 0 Å². The molecule has 0 saturated carbocycles. The van der Waals surface area contributed by atoms with Crippen LogP contribution in [0.15, 0.2) is 152 Å². The number of fused-ring (bicyclic) bond motifs is 3. The van der Waals surface area contributed by atoms with Gasteiger partial charge in [-0.25, -0.2) is 0 Å². The Morgan fingerprint density at radius 1 is 0.522 bits per heavy atom. The van der Waals surface area contributed by atoms with Gasteiger partial charge in [0, 0.05) is 22.9 Å². The summed E-state index contributed by atoms with van der Waals surface area (Å²) in [5.41, 5.74) is 12.3. The average Bonchev–Trinajstić information content (AvgIpc) is 3.44. The van der Waals surface area contributed by atoms with E-state index < -0.39 is 0 Å². The molecule has 0 aliphatic carbocycles. The fourth-order valence-corrected chi connectivity index (χ4v) is 7.10. The molecule has 0 amide bonds. The molecule has 7 aromatic carbocycles. The third kappa shape index (κ3) is 4.38. The van der Waals surface area contributed by atoms with Crippen molar-refractivity contribution in [3.05, 3.63) is 169 Å². The number of aromatic nitrogens is 1. The van der Waals surface area contributed by atoms with Crippen LogP contribution in [-0.4, -0.2) is 10.8 Å². The highest BCUT2D eigenvalue weighted by atomic mass is 15.0. The molecular formula is C44H32N2. The van der Waals surface area contributed by atoms with Gasteiger partial charge < -0.3 is 9.98 Å². The topological polar surface area (TPSA) is 28.8 Å². The van der Waals surface area contributed by atoms with Crippen molar-refractivity contribution in [3.63, 3.8) is 0 Å². The van der Waals surface area contributed by atoms with Crippen LogP contribution in [-0.2, 0) is 0 Å². The molecule has 1 aromatic heterocycles. The highest BCUT2D eigenvalue weighted by Gasteiger charge is 2.19. The Labute approximate surface area is 269 Å². The van der Waals surface area contributed by atoms with Crippen LogP contribution >= 0.6 is 0 Å². The lowest BCUT2D eigenvalue weighted by molar-refractivity contribution is 1.10. The Balaban J connectivity index is 1.42. The smallest absolute Gasteiger partial charge is 0.0550 e. The zero-order valence-corrected chi connectivity index (χ0v) is 25.7. The molecule has 0 fully saturated rings. The van der Waals surface area contributed by atoms with Gasteiger partial charge in [-0.3, -0.25) is 0 Å². The average molecular weight is 589 g/mol. The van der Waals surface area contributed by atoms with Gasteiger partial charge >= 0.3 is 0 Å². The van der Waals surface area contributed by atoms with E-state index in [4.69, 9.17) is 5.41 Å². The monoisotopic (exact) mass is 588 g/mol. The van der Waals surface area contributed by atoms with Crippen LogP contribution in [0.3, 0.4) is 0 Å². The second-order valence-corrected chi connectivity index (χ2v) is 11.8. The van der Waals surface area contributed by atoms with E-state index in [1.54, 1.807) is 0 Å². The summed E-state index contributed by atoms with van der Waals surface area (Å²) in [4.78, 5) is 0. The molecule has 0 aliphatic rings. The van der Waals surface area contributed by atoms with Gasteiger partial charge in [-0.05, 0) is 104 Å². The van der Waals surface area contributed by atoms with E-state index in [0.717, 1.165) is 39.0 Å². The second-order valence-electron chi connectivity index (χ2n) is 11.8. The minimum absolute atomic E-state index is 0.872. The Morgan fingerprint density at radius 2 is 1.09 bits per heavy atom. The van der Waals surface area contributed by atoms with Crippen molar-refractivity contribution in [1.29, 1.82) is 5.41 Å². The van der Waals surface area contributed by atoms with Crippen molar-refractivity contribution in [2.45, 2.75) is 6.92 Å². The number of hydrogen-bond acceptors (Lipinski definition) is 1. The normalized spacial score (nSPS) is 11.3. The highest BCUT2D eigenvalue weighted by molar-refractivity contribution is 6.22. The number of hydrogen-bond donors (Lipinski definition) is 1. The first-order valence-electron chi connectivity index (χ1n) is 15.6. The summed E-state index contributed by atoms with van der Waals surface area (Å²) < 4.78 is 2.21. The molecule has 0 bridgehead atoms. The molecule has 1 N–H and O–H groups in total. The van der Waals surface area contributed by atoms with Crippen molar-refractivity contribution < 1.29 is 0 Å². The quantitative estimate of drug-likeness (QED) is 0.148. The van der Waals surface area contributed by atoms with E-state index in [-0.39, 0.29) is 0 Å². The molecule has 0 aliphatic heterocycles. The van der Waals surface area contributed by atoms with Crippen molar-refractivity contribution >= 4 is 44.7 Å². The SMILES string of the molecule is C=Cc1c(C=N)c2cc(-c3ccc4c(-c5ccccc5)c5ccccc5c(-c5ccccc5)c4c3)ccc2n1-c1cccc(C)c1. The van der Waals surface area contributed by atoms with Gasteiger partial charge in [-0.1, -0.05) is 122 Å². The fourth-order valence-electron chi connectivity index (χ4n) is 7.10. The molecule has 218 valence electrons. The summed E-state index contributed by atoms with van der Waals surface area (Å²) in [6.07, 6.45) is 3.32. The first-order chi connectivity index (χ1) is 22.7. The first kappa shape index (κ1) is 27.6. The summed E-state index contributed by atoms with van der Waals surface area (Å²) >= 11 is 0. The van der Waals surface area contributed by atoms with Gasteiger partial charge in [0.2, 0.25) is 0 Å². The van der Waals surface area contributed by atoms with Gasteiger partial charge in [0.15, 0.2) is 0 Å². The Hall–Kier alpha value is -5.99. The third-order valence-corrected chi connectivity index (χ3v) is 9.12. The second kappa shape index (κ2) is 11.2. The van der Waals surface area contributed by atoms with Crippen molar-refractivity contribution in [2.24, 2.45) is 0 Å². The van der Waals surface area contributed by atoms with Crippen LogP contribution in [0.5, 0.6) is 0 Å². The van der Waals surface area contributed by atoms with E-state index in [1.807, 2.05) is 6.08 Å². The van der Waals surface area contributed by atoms with Crippen molar-refractivity contribution in [1.82, 2.24) is 4.57 Å². The summed E-state index contributed by atoms with van der Waals surface area (Å²) in [6.45, 7) is 6.24. The first-order valence-corrected chi connectivity index (χ1v) is 15.6. The lowest BCUT2D eigenvalue weighted by atomic mass is 9.85. The van der Waals surface area contributed by atoms with E-state index >= 15 is 0 Å². The predicted molar refractivity (Wildman–Crippen MR) is 197 cm³/mol. The molecule has 0 spiro atoms. The molecule has 0 radical (unpaired) electrons. The molecule has 8 rings (SSSR count). The van der Waals surface area contributed by atoms with Gasteiger partial charge in [0.05, 0.1) is 11.2 Å². The molecule has 2 nitrogen and oxygen atoms in total. The van der Waals surface area contributed by atoms with Crippen LogP contribution in [0.4, 0.5) is 0 Å². The zero-order valence-electron chi connectivity index (χ0n) is 25.7. The van der Waals surface area contributed by atoms with Crippen molar-refractivity contribution in [2.75, 3.05) is 0 Å². The molecule has 1 heterocycles. The van der Waals surface area contributed by atoms with Crippen LogP contribution in [0.25, 0.3) is 77.6 Å². The minimum Gasteiger partial charge on any atom is -0.309 e. The number of nitrogens with one attached hydrogen (secondary N) is 1. The van der Waals surface area contributed by atoms with Crippen LogP contribution in [0.1, 0.15) is 16.8 Å². The Morgan fingerprint density at radius 3 is 1.70 bits per heavy atom. The lowest BCUT2D eigenvalue weighted by Gasteiger charge is -2.18. The van der Waals surface area contributed by atoms with E-state index in [2.05, 4.69) is 164 Å². The van der Waals surface area contributed by atoms with Crippen molar-refractivity contribution in [3.8, 4) is 39.1 Å². The van der Waals surface area contributed by atoms with E-state index in [1.165, 1.54) is 55.6 Å². The molecule has 0 saturated heterocycles. The highest BCUT2D eigenvalue weighted by Crippen LogP contribution is 2.45. The maximum atomic E-state index is 8.39. The van der Waals surface area contributed by atoms with Gasteiger partial charge in [0.25, 0.3) is 0 Å². The lowest BCUT2D eigenvalue weighted by Crippen LogP contribution is -1.97. The Kier molecular flexibility index (Phi) is 6.69. The summed E-state index contributed by atoms with van der Waals surface area (Å²) in [7, 11) is 0. The maximum absolute atomic E-state index is 8.39. The largest absolute Gasteiger partial charge is 0.309 e. The number of rotatable bonds is 6. The molecule has 8 aromatic rings. The minimum atomic E-state index is 0.872. The summed E-state index contributed by atoms with van der Waals surface area (Å²) in [5, 5.41) is 14.4. The summed E-state index contributed by atoms with van der Waals surface area (Å²) in [6, 6.07) is 52.2. The van der Waals surface area contributed by atoms with Gasteiger partial charge in [-0.15, -0.1) is 0 Å². The fraction of sp³-hybridized carbons (Fsp3) is 0.0227. The standard InChI is InChI=1S/C44H32N2/c1-3-41-40(28-45)38-26-33(22-24-42(38)46(41)34-18-12-13-29(2)25-34)32-21-23-37-39(27-32)44(31-16-8-5-9-17-31)36-20-11-10-19-35(36)43(37)30-14-6-4-7-15-30/h3-28,45H,1H2,2H3. The van der Waals surface area contributed by atoms with Gasteiger partial charge in [0.1, 0.15) is 0 Å².